The molecule has 1 unspecified atom stereocenters. The topological polar surface area (TPSA) is 66.4 Å². The van der Waals surface area contributed by atoms with Gasteiger partial charge in [-0.1, -0.05) is 30.3 Å². The Labute approximate surface area is 133 Å². The third kappa shape index (κ3) is 3.01. The minimum Gasteiger partial charge on any atom is -0.395 e. The monoisotopic (exact) mass is 319 g/mol. The molecule has 1 heterocycles. The minimum absolute atomic E-state index is 0.0797. The number of rotatable bonds is 4. The number of hydrogen-bond acceptors (Lipinski definition) is 3. The lowest BCUT2D eigenvalue weighted by Crippen LogP contribution is -2.55. The van der Waals surface area contributed by atoms with Gasteiger partial charge in [0, 0.05) is 39.0 Å². The summed E-state index contributed by atoms with van der Waals surface area (Å²) in [7, 11) is -0.999. The van der Waals surface area contributed by atoms with Crippen LogP contribution < -0.4 is 5.32 Å². The fraction of sp³-hybridized carbons (Fsp3) is 0.471. The Morgan fingerprint density at radius 2 is 2.05 bits per heavy atom. The van der Waals surface area contributed by atoms with Crippen LogP contribution in [0.4, 0.5) is 0 Å². The summed E-state index contributed by atoms with van der Waals surface area (Å²) in [6.07, 6.45) is 3.00. The van der Waals surface area contributed by atoms with Crippen LogP contribution in [-0.4, -0.2) is 33.6 Å². The predicted molar refractivity (Wildman–Crippen MR) is 86.7 cm³/mol. The lowest BCUT2D eigenvalue weighted by atomic mass is 9.62. The maximum Gasteiger partial charge on any atom is 0.248 e. The summed E-state index contributed by atoms with van der Waals surface area (Å²) in [6, 6.07) is 10.0. The van der Waals surface area contributed by atoms with Gasteiger partial charge in [-0.3, -0.25) is 9.00 Å². The Bertz CT molecular complexity index is 606. The van der Waals surface area contributed by atoms with Crippen LogP contribution in [0.5, 0.6) is 0 Å². The van der Waals surface area contributed by atoms with Crippen molar-refractivity contribution in [1.82, 2.24) is 5.32 Å². The molecule has 3 rings (SSSR count). The molecule has 0 aromatic heterocycles. The van der Waals surface area contributed by atoms with Crippen molar-refractivity contribution in [1.29, 1.82) is 0 Å². The molecule has 5 heteroatoms. The van der Waals surface area contributed by atoms with Gasteiger partial charge < -0.3 is 10.4 Å². The van der Waals surface area contributed by atoms with E-state index >= 15 is 0 Å². The zero-order valence-corrected chi connectivity index (χ0v) is 13.3. The van der Waals surface area contributed by atoms with Crippen LogP contribution in [0.25, 0.3) is 0 Å². The molecule has 0 spiro atoms. The van der Waals surface area contributed by atoms with Crippen molar-refractivity contribution in [2.75, 3.05) is 12.4 Å². The molecule has 1 aromatic carbocycles. The molecule has 0 saturated heterocycles. The number of aliphatic hydroxyl groups excluding tert-OH is 1. The summed E-state index contributed by atoms with van der Waals surface area (Å²) in [6.45, 7) is 0.0934. The molecule has 1 aliphatic heterocycles. The van der Waals surface area contributed by atoms with E-state index in [2.05, 4.69) is 5.32 Å². The Hall–Kier alpha value is -1.46. The standard InChI is InChI=1S/C17H21NO3S/c19-12-17(14-6-2-1-3-7-14)9-15(10-17)18-16(20)13-5-4-8-22(21)11-13/h1-3,6-7,11,15,19H,4-5,8-10,12H2,(H,18,20). The van der Waals surface area contributed by atoms with Crippen molar-refractivity contribution >= 4 is 16.7 Å². The van der Waals surface area contributed by atoms with E-state index < -0.39 is 10.8 Å². The van der Waals surface area contributed by atoms with E-state index in [0.717, 1.165) is 24.8 Å². The maximum absolute atomic E-state index is 12.2. The van der Waals surface area contributed by atoms with Gasteiger partial charge in [0.1, 0.15) is 0 Å². The van der Waals surface area contributed by atoms with E-state index in [1.165, 1.54) is 0 Å². The molecule has 4 nitrogen and oxygen atoms in total. The zero-order chi connectivity index (χ0) is 15.6. The molecular weight excluding hydrogens is 298 g/mol. The van der Waals surface area contributed by atoms with Crippen molar-refractivity contribution in [2.45, 2.75) is 37.1 Å². The second-order valence-corrected chi connectivity index (χ2v) is 7.62. The highest BCUT2D eigenvalue weighted by atomic mass is 32.2. The quantitative estimate of drug-likeness (QED) is 0.886. The number of carbonyl (C=O) groups excluding carboxylic acids is 1. The molecule has 2 aliphatic rings. The molecular formula is C17H21NO3S. The first kappa shape index (κ1) is 15.4. The number of benzene rings is 1. The fourth-order valence-electron chi connectivity index (χ4n) is 3.36. The lowest BCUT2D eigenvalue weighted by Gasteiger charge is -2.47. The number of amides is 1. The number of aliphatic hydroxyl groups is 1. The van der Waals surface area contributed by atoms with E-state index in [1.807, 2.05) is 30.3 Å². The summed E-state index contributed by atoms with van der Waals surface area (Å²) in [5, 5.41) is 14.4. The Kier molecular flexibility index (Phi) is 4.45. The third-order valence-corrected chi connectivity index (χ3v) is 5.89. The van der Waals surface area contributed by atoms with Crippen LogP contribution in [0.2, 0.25) is 0 Å². The van der Waals surface area contributed by atoms with Gasteiger partial charge in [-0.2, -0.15) is 0 Å². The average Bonchev–Trinajstić information content (AvgIpc) is 2.51. The average molecular weight is 319 g/mol. The second-order valence-electron chi connectivity index (χ2n) is 6.21. The molecule has 118 valence electrons. The van der Waals surface area contributed by atoms with Crippen molar-refractivity contribution in [3.8, 4) is 0 Å². The SMILES string of the molecule is O=C(NC1CC(CO)(c2ccccc2)C1)C1=CS(=O)CCC1. The van der Waals surface area contributed by atoms with Gasteiger partial charge in [0.15, 0.2) is 0 Å². The number of hydrogen-bond donors (Lipinski definition) is 2. The van der Waals surface area contributed by atoms with Gasteiger partial charge in [0.25, 0.3) is 0 Å². The molecule has 1 aromatic rings. The maximum atomic E-state index is 12.2. The largest absolute Gasteiger partial charge is 0.395 e. The van der Waals surface area contributed by atoms with Crippen LogP contribution in [0.3, 0.4) is 0 Å². The second kappa shape index (κ2) is 6.34. The molecule has 1 atom stereocenters. The number of carbonyl (C=O) groups is 1. The van der Waals surface area contributed by atoms with E-state index in [-0.39, 0.29) is 24.0 Å². The molecule has 22 heavy (non-hydrogen) atoms. The van der Waals surface area contributed by atoms with E-state index in [9.17, 15) is 14.1 Å². The number of nitrogens with one attached hydrogen (secondary N) is 1. The van der Waals surface area contributed by atoms with Crippen LogP contribution in [0.1, 0.15) is 31.2 Å². The first-order valence-electron chi connectivity index (χ1n) is 7.68. The van der Waals surface area contributed by atoms with Gasteiger partial charge in [-0.25, -0.2) is 0 Å². The van der Waals surface area contributed by atoms with E-state index in [1.54, 1.807) is 5.41 Å². The Balaban J connectivity index is 1.61. The summed E-state index contributed by atoms with van der Waals surface area (Å²) < 4.78 is 11.5. The summed E-state index contributed by atoms with van der Waals surface area (Å²) in [4.78, 5) is 12.2. The minimum atomic E-state index is -0.999. The summed E-state index contributed by atoms with van der Waals surface area (Å²) >= 11 is 0. The highest BCUT2D eigenvalue weighted by Crippen LogP contribution is 2.43. The van der Waals surface area contributed by atoms with Crippen molar-refractivity contribution in [3.63, 3.8) is 0 Å². The van der Waals surface area contributed by atoms with Crippen LogP contribution in [0, 0.1) is 0 Å². The van der Waals surface area contributed by atoms with Gasteiger partial charge in [-0.05, 0) is 31.2 Å². The van der Waals surface area contributed by atoms with Gasteiger partial charge in [-0.15, -0.1) is 0 Å². The Morgan fingerprint density at radius 3 is 2.68 bits per heavy atom. The van der Waals surface area contributed by atoms with Crippen LogP contribution in [0.15, 0.2) is 41.3 Å². The fourth-order valence-corrected chi connectivity index (χ4v) is 4.45. The lowest BCUT2D eigenvalue weighted by molar-refractivity contribution is -0.119. The zero-order valence-electron chi connectivity index (χ0n) is 12.5. The Morgan fingerprint density at radius 1 is 1.32 bits per heavy atom. The molecule has 0 bridgehead atoms. The molecule has 2 N–H and O–H groups in total. The highest BCUT2D eigenvalue weighted by Gasteiger charge is 2.45. The smallest absolute Gasteiger partial charge is 0.248 e. The molecule has 1 amide bonds. The molecule has 1 fully saturated rings. The van der Waals surface area contributed by atoms with Crippen molar-refractivity contribution in [3.05, 3.63) is 46.9 Å². The molecule has 1 aliphatic carbocycles. The van der Waals surface area contributed by atoms with Gasteiger partial charge in [0.05, 0.1) is 6.61 Å². The van der Waals surface area contributed by atoms with Gasteiger partial charge >= 0.3 is 0 Å². The van der Waals surface area contributed by atoms with Crippen molar-refractivity contribution < 1.29 is 14.1 Å². The van der Waals surface area contributed by atoms with Crippen LogP contribution in [-0.2, 0) is 21.0 Å². The normalized spacial score (nSPS) is 31.0. The van der Waals surface area contributed by atoms with E-state index in [4.69, 9.17) is 0 Å². The first-order chi connectivity index (χ1) is 10.6. The highest BCUT2D eigenvalue weighted by molar-refractivity contribution is 7.88. The first-order valence-corrected chi connectivity index (χ1v) is 9.06. The van der Waals surface area contributed by atoms with Crippen molar-refractivity contribution in [2.24, 2.45) is 0 Å². The van der Waals surface area contributed by atoms with Gasteiger partial charge in [0.2, 0.25) is 5.91 Å². The van der Waals surface area contributed by atoms with Crippen LogP contribution >= 0.6 is 0 Å². The predicted octanol–water partition coefficient (Wildman–Crippen LogP) is 1.62. The molecule has 1 saturated carbocycles. The summed E-state index contributed by atoms with van der Waals surface area (Å²) in [5.41, 5.74) is 1.54. The van der Waals surface area contributed by atoms with E-state index in [0.29, 0.717) is 17.7 Å². The summed E-state index contributed by atoms with van der Waals surface area (Å²) in [5.74, 6) is 0.555. The molecule has 0 radical (unpaired) electrons. The third-order valence-electron chi connectivity index (χ3n) is 4.66.